The normalized spacial score (nSPS) is 32.2. The Bertz CT molecular complexity index is 1000. The van der Waals surface area contributed by atoms with Crippen LogP contribution in [0.2, 0.25) is 0 Å². The van der Waals surface area contributed by atoms with Crippen LogP contribution < -0.4 is 11.1 Å². The molecule has 3 fully saturated rings. The Morgan fingerprint density at radius 1 is 0.857 bits per heavy atom. The lowest BCUT2D eigenvalue weighted by molar-refractivity contribution is -0.0643. The predicted octanol–water partition coefficient (Wildman–Crippen LogP) is 10.4. The van der Waals surface area contributed by atoms with Gasteiger partial charge in [0.2, 0.25) is 0 Å². The van der Waals surface area contributed by atoms with Crippen molar-refractivity contribution >= 4 is 5.96 Å². The van der Waals surface area contributed by atoms with Gasteiger partial charge in [0.15, 0.2) is 5.96 Å². The van der Waals surface area contributed by atoms with Crippen molar-refractivity contribution < 1.29 is 14.2 Å². The molecule has 6 heteroatoms. The maximum absolute atomic E-state index is 7.64. The first-order chi connectivity index (χ1) is 23.6. The van der Waals surface area contributed by atoms with Crippen LogP contribution in [0.15, 0.2) is 11.6 Å². The van der Waals surface area contributed by atoms with Crippen LogP contribution >= 0.6 is 0 Å². The molecule has 0 aromatic heterocycles. The summed E-state index contributed by atoms with van der Waals surface area (Å²) in [6.45, 7) is 18.3. The first-order valence-corrected chi connectivity index (χ1v) is 21.2. The monoisotopic (exact) mass is 686 g/mol. The highest BCUT2D eigenvalue weighted by atomic mass is 16.5. The third-order valence-corrected chi connectivity index (χ3v) is 13.9. The van der Waals surface area contributed by atoms with Crippen molar-refractivity contribution in [2.45, 2.75) is 176 Å². The molecule has 0 aliphatic heterocycles. The zero-order valence-corrected chi connectivity index (χ0v) is 33.0. The molecule has 0 aromatic rings. The molecule has 0 radical (unpaired) electrons. The first kappa shape index (κ1) is 40.7. The van der Waals surface area contributed by atoms with Gasteiger partial charge in [-0.3, -0.25) is 5.41 Å². The van der Waals surface area contributed by atoms with Gasteiger partial charge in [-0.2, -0.15) is 0 Å². The number of hydrogen-bond donors (Lipinski definition) is 3. The molecule has 0 aromatic carbocycles. The van der Waals surface area contributed by atoms with E-state index in [4.69, 9.17) is 25.4 Å². The predicted molar refractivity (Wildman–Crippen MR) is 206 cm³/mol. The first-order valence-electron chi connectivity index (χ1n) is 21.2. The van der Waals surface area contributed by atoms with Crippen molar-refractivity contribution in [1.29, 1.82) is 5.41 Å². The van der Waals surface area contributed by atoms with E-state index in [0.29, 0.717) is 36.8 Å². The summed E-state index contributed by atoms with van der Waals surface area (Å²) >= 11 is 0. The van der Waals surface area contributed by atoms with Gasteiger partial charge in [0.1, 0.15) is 0 Å². The van der Waals surface area contributed by atoms with E-state index < -0.39 is 0 Å². The highest BCUT2D eigenvalue weighted by Gasteiger charge is 2.59. The molecule has 0 spiro atoms. The highest BCUT2D eigenvalue weighted by molar-refractivity contribution is 5.74. The SMILES string of the molecule is CCCCCCCCOC[C@H](COCCCCO[C@H]1CC[C@@]2(C)C(=CC[C@@H]3[C@@H]2CC[C@]2(C)C([C@H](C)CCCC(C)C)CC[C@@H]32)C1)NC(=N)N. The van der Waals surface area contributed by atoms with Crippen molar-refractivity contribution in [2.24, 2.45) is 52.1 Å². The molecule has 284 valence electrons. The largest absolute Gasteiger partial charge is 0.379 e. The fraction of sp³-hybridized carbons (Fsp3) is 0.930. The fourth-order valence-corrected chi connectivity index (χ4v) is 11.1. The van der Waals surface area contributed by atoms with Crippen LogP contribution in [-0.2, 0) is 14.2 Å². The lowest BCUT2D eigenvalue weighted by Crippen LogP contribution is -2.51. The fourth-order valence-electron chi connectivity index (χ4n) is 11.1. The zero-order chi connectivity index (χ0) is 35.3. The van der Waals surface area contributed by atoms with Gasteiger partial charge in [0, 0.05) is 19.8 Å². The minimum atomic E-state index is -0.0788. The molecule has 4 rings (SSSR count). The molecule has 0 bridgehead atoms. The van der Waals surface area contributed by atoms with Crippen LogP contribution in [0.5, 0.6) is 0 Å². The number of guanidine groups is 1. The smallest absolute Gasteiger partial charge is 0.186 e. The summed E-state index contributed by atoms with van der Waals surface area (Å²) in [6.07, 6.45) is 27.7. The second kappa shape index (κ2) is 20.2. The van der Waals surface area contributed by atoms with E-state index >= 15 is 0 Å². The number of nitrogens with two attached hydrogens (primary N) is 1. The van der Waals surface area contributed by atoms with Crippen molar-refractivity contribution in [3.05, 3.63) is 11.6 Å². The molecule has 49 heavy (non-hydrogen) atoms. The summed E-state index contributed by atoms with van der Waals surface area (Å²) in [5, 5.41) is 10.6. The van der Waals surface area contributed by atoms with Crippen molar-refractivity contribution in [1.82, 2.24) is 5.32 Å². The van der Waals surface area contributed by atoms with E-state index in [1.165, 1.54) is 96.3 Å². The molecule has 0 heterocycles. The van der Waals surface area contributed by atoms with Gasteiger partial charge in [-0.05, 0) is 117 Å². The van der Waals surface area contributed by atoms with Gasteiger partial charge in [-0.1, -0.05) is 105 Å². The molecule has 1 unspecified atom stereocenters. The van der Waals surface area contributed by atoms with E-state index in [1.54, 1.807) is 5.57 Å². The Morgan fingerprint density at radius 3 is 2.27 bits per heavy atom. The van der Waals surface area contributed by atoms with Crippen molar-refractivity contribution in [2.75, 3.05) is 33.0 Å². The summed E-state index contributed by atoms with van der Waals surface area (Å²) in [4.78, 5) is 0. The number of hydrogen-bond acceptors (Lipinski definition) is 4. The molecule has 0 saturated heterocycles. The molecular formula is C43H79N3O3. The van der Waals surface area contributed by atoms with E-state index in [9.17, 15) is 0 Å². The Balaban J connectivity index is 1.13. The number of unbranched alkanes of at least 4 members (excludes halogenated alkanes) is 6. The Morgan fingerprint density at radius 2 is 1.55 bits per heavy atom. The lowest BCUT2D eigenvalue weighted by Gasteiger charge is -2.58. The lowest BCUT2D eigenvalue weighted by atomic mass is 9.47. The molecule has 4 aliphatic carbocycles. The summed E-state index contributed by atoms with van der Waals surface area (Å²) in [6, 6.07) is -0.0788. The number of nitrogens with one attached hydrogen (secondary N) is 2. The van der Waals surface area contributed by atoms with Crippen LogP contribution in [0, 0.1) is 51.7 Å². The van der Waals surface area contributed by atoms with Gasteiger partial charge in [-0.25, -0.2) is 0 Å². The van der Waals surface area contributed by atoms with Crippen LogP contribution in [-0.4, -0.2) is 51.1 Å². The summed E-state index contributed by atoms with van der Waals surface area (Å²) in [5.41, 5.74) is 8.30. The van der Waals surface area contributed by atoms with Gasteiger partial charge >= 0.3 is 0 Å². The average molecular weight is 686 g/mol. The second-order valence-electron chi connectivity index (χ2n) is 17.9. The van der Waals surface area contributed by atoms with Crippen molar-refractivity contribution in [3.8, 4) is 0 Å². The van der Waals surface area contributed by atoms with Gasteiger partial charge in [0.25, 0.3) is 0 Å². The minimum Gasteiger partial charge on any atom is -0.379 e. The Hall–Kier alpha value is -1.11. The molecule has 3 saturated carbocycles. The Kier molecular flexibility index (Phi) is 16.8. The summed E-state index contributed by atoms with van der Waals surface area (Å²) < 4.78 is 18.3. The number of allylic oxidation sites excluding steroid dienone is 1. The molecule has 4 N–H and O–H groups in total. The highest BCUT2D eigenvalue weighted by Crippen LogP contribution is 2.67. The van der Waals surface area contributed by atoms with Crippen LogP contribution in [0.4, 0.5) is 0 Å². The molecule has 6 nitrogen and oxygen atoms in total. The minimum absolute atomic E-state index is 0.0241. The molecular weight excluding hydrogens is 606 g/mol. The topological polar surface area (TPSA) is 89.6 Å². The van der Waals surface area contributed by atoms with Gasteiger partial charge < -0.3 is 25.3 Å². The van der Waals surface area contributed by atoms with Crippen LogP contribution in [0.1, 0.15) is 164 Å². The summed E-state index contributed by atoms with van der Waals surface area (Å²) in [5.74, 6) is 5.34. The van der Waals surface area contributed by atoms with Gasteiger partial charge in [0.05, 0.1) is 25.4 Å². The average Bonchev–Trinajstić information content (AvgIpc) is 3.42. The van der Waals surface area contributed by atoms with E-state index in [1.807, 2.05) is 0 Å². The van der Waals surface area contributed by atoms with E-state index in [0.717, 1.165) is 74.4 Å². The standard InChI is InChI=1S/C43H79N3O3/c1-7-8-9-10-11-12-26-47-30-35(46-41(44)45)31-48-27-13-14-28-49-36-22-24-42(5)34(29-36)18-19-37-39-21-20-38(33(4)17-15-16-32(2)3)43(39,6)25-23-40(37)42/h18,32-33,35-40H,7-17,19-31H2,1-6H3,(H4,44,45,46)/t33-,35-,36+,37+,38?,39+,40+,42+,43-/m1/s1. The second-order valence-corrected chi connectivity index (χ2v) is 17.9. The van der Waals surface area contributed by atoms with E-state index in [2.05, 4.69) is 52.9 Å². The molecule has 4 aliphatic rings. The maximum Gasteiger partial charge on any atom is 0.186 e. The van der Waals surface area contributed by atoms with E-state index in [-0.39, 0.29) is 12.0 Å². The van der Waals surface area contributed by atoms with Gasteiger partial charge in [-0.15, -0.1) is 0 Å². The third-order valence-electron chi connectivity index (χ3n) is 13.9. The number of ether oxygens (including phenoxy) is 3. The van der Waals surface area contributed by atoms with Crippen molar-refractivity contribution in [3.63, 3.8) is 0 Å². The zero-order valence-electron chi connectivity index (χ0n) is 33.0. The Labute approximate surface area is 302 Å². The quantitative estimate of drug-likeness (QED) is 0.0431. The molecule has 9 atom stereocenters. The number of fused-ring (bicyclic) bond motifs is 5. The van der Waals surface area contributed by atoms with Crippen LogP contribution in [0.3, 0.4) is 0 Å². The molecule has 0 amide bonds. The maximum atomic E-state index is 7.64. The van der Waals surface area contributed by atoms with Crippen LogP contribution in [0.25, 0.3) is 0 Å². The summed E-state index contributed by atoms with van der Waals surface area (Å²) in [7, 11) is 0. The third kappa shape index (κ3) is 11.4. The number of rotatable bonds is 23.